The zero-order valence-electron chi connectivity index (χ0n) is 40.5. The van der Waals surface area contributed by atoms with Crippen molar-refractivity contribution in [3.05, 3.63) is 109 Å². The van der Waals surface area contributed by atoms with Crippen molar-refractivity contribution in [3.63, 3.8) is 0 Å². The molecular formula is C57H92O6. The Morgan fingerprint density at radius 3 is 0.873 bits per heavy atom. The van der Waals surface area contributed by atoms with E-state index in [0.29, 0.717) is 19.3 Å². The molecule has 0 aromatic rings. The van der Waals surface area contributed by atoms with Crippen LogP contribution in [-0.4, -0.2) is 37.2 Å². The lowest BCUT2D eigenvalue weighted by Crippen LogP contribution is -2.30. The van der Waals surface area contributed by atoms with E-state index in [1.165, 1.54) is 116 Å². The number of hydrogen-bond acceptors (Lipinski definition) is 6. The number of hydrogen-bond donors (Lipinski definition) is 0. The number of ether oxygens (including phenoxy) is 3. The van der Waals surface area contributed by atoms with Crippen molar-refractivity contribution in [2.45, 2.75) is 219 Å². The first-order chi connectivity index (χ1) is 31.0. The summed E-state index contributed by atoms with van der Waals surface area (Å²) in [6.07, 6.45) is 68.1. The van der Waals surface area contributed by atoms with Gasteiger partial charge in [-0.3, -0.25) is 14.4 Å². The highest BCUT2D eigenvalue weighted by Gasteiger charge is 2.19. The van der Waals surface area contributed by atoms with Crippen molar-refractivity contribution in [2.75, 3.05) is 13.2 Å². The van der Waals surface area contributed by atoms with Crippen molar-refractivity contribution < 1.29 is 28.6 Å². The molecule has 6 nitrogen and oxygen atoms in total. The molecule has 0 spiro atoms. The highest BCUT2D eigenvalue weighted by molar-refractivity contribution is 5.71. The molecule has 0 heterocycles. The summed E-state index contributed by atoms with van der Waals surface area (Å²) < 4.78 is 16.6. The quantitative estimate of drug-likeness (QED) is 0.0263. The number of allylic oxidation sites excluding steroid dienone is 18. The van der Waals surface area contributed by atoms with E-state index in [2.05, 4.69) is 57.2 Å². The molecule has 0 saturated heterocycles. The predicted octanol–water partition coefficient (Wildman–Crippen LogP) is 16.8. The highest BCUT2D eigenvalue weighted by Crippen LogP contribution is 2.11. The topological polar surface area (TPSA) is 78.9 Å². The van der Waals surface area contributed by atoms with Crippen molar-refractivity contribution in [1.82, 2.24) is 0 Å². The summed E-state index contributed by atoms with van der Waals surface area (Å²) >= 11 is 0. The summed E-state index contributed by atoms with van der Waals surface area (Å²) in [6, 6.07) is 0. The molecular weight excluding hydrogens is 781 g/mol. The largest absolute Gasteiger partial charge is 0.462 e. The molecule has 63 heavy (non-hydrogen) atoms. The second-order valence-electron chi connectivity index (χ2n) is 16.5. The van der Waals surface area contributed by atoms with Gasteiger partial charge in [-0.15, -0.1) is 0 Å². The third kappa shape index (κ3) is 49.0. The van der Waals surface area contributed by atoms with Crippen LogP contribution in [0, 0.1) is 0 Å². The fourth-order valence-corrected chi connectivity index (χ4v) is 6.53. The van der Waals surface area contributed by atoms with E-state index in [0.717, 1.165) is 38.5 Å². The molecule has 0 aromatic heterocycles. The van der Waals surface area contributed by atoms with Gasteiger partial charge in [-0.2, -0.15) is 0 Å². The van der Waals surface area contributed by atoms with Crippen molar-refractivity contribution in [2.24, 2.45) is 0 Å². The van der Waals surface area contributed by atoms with E-state index in [4.69, 9.17) is 14.2 Å². The smallest absolute Gasteiger partial charge is 0.306 e. The van der Waals surface area contributed by atoms with Gasteiger partial charge in [0.25, 0.3) is 0 Å². The number of carbonyl (C=O) groups excluding carboxylic acids is 3. The van der Waals surface area contributed by atoms with Gasteiger partial charge < -0.3 is 14.2 Å². The third-order valence-corrected chi connectivity index (χ3v) is 10.4. The van der Waals surface area contributed by atoms with Crippen LogP contribution in [0.4, 0.5) is 0 Å². The first-order valence-corrected chi connectivity index (χ1v) is 25.5. The first kappa shape index (κ1) is 59.1. The minimum absolute atomic E-state index is 0.152. The van der Waals surface area contributed by atoms with E-state index in [1.807, 2.05) is 72.9 Å². The van der Waals surface area contributed by atoms with E-state index in [-0.39, 0.29) is 44.4 Å². The SMILES string of the molecule is CCCCCCCC/C=C/C=C/C=C/CCCC(=O)OCC(COC(=O)CCC/C=C/C=C/C=C/CCCCCCCC)OC(=O)CCC/C=C/C=C/C=C/CCCCCCCC. The fraction of sp³-hybridized carbons (Fsp3) is 0.632. The lowest BCUT2D eigenvalue weighted by Gasteiger charge is -2.18. The fourth-order valence-electron chi connectivity index (χ4n) is 6.53. The summed E-state index contributed by atoms with van der Waals surface area (Å²) in [6.45, 7) is 6.43. The Hall–Kier alpha value is -3.93. The van der Waals surface area contributed by atoms with Gasteiger partial charge >= 0.3 is 17.9 Å². The Morgan fingerprint density at radius 1 is 0.317 bits per heavy atom. The zero-order valence-corrected chi connectivity index (χ0v) is 40.5. The normalized spacial score (nSPS) is 12.6. The van der Waals surface area contributed by atoms with Crippen LogP contribution in [0.5, 0.6) is 0 Å². The number of carbonyl (C=O) groups is 3. The van der Waals surface area contributed by atoms with Gasteiger partial charge in [0.1, 0.15) is 13.2 Å². The van der Waals surface area contributed by atoms with Crippen LogP contribution in [0.3, 0.4) is 0 Å². The lowest BCUT2D eigenvalue weighted by molar-refractivity contribution is -0.166. The van der Waals surface area contributed by atoms with Crippen molar-refractivity contribution in [3.8, 4) is 0 Å². The molecule has 0 fully saturated rings. The van der Waals surface area contributed by atoms with Gasteiger partial charge in [-0.1, -0.05) is 226 Å². The summed E-state index contributed by atoms with van der Waals surface area (Å²) in [4.78, 5) is 37.9. The number of rotatable bonds is 44. The molecule has 0 aliphatic carbocycles. The van der Waals surface area contributed by atoms with Crippen LogP contribution >= 0.6 is 0 Å². The molecule has 0 aliphatic rings. The van der Waals surface area contributed by atoms with Crippen LogP contribution in [0.15, 0.2) is 109 Å². The molecule has 0 unspecified atom stereocenters. The summed E-state index contributed by atoms with van der Waals surface area (Å²) in [7, 11) is 0. The van der Waals surface area contributed by atoms with E-state index < -0.39 is 12.1 Å². The maximum atomic E-state index is 12.7. The van der Waals surface area contributed by atoms with Gasteiger partial charge in [-0.25, -0.2) is 0 Å². The Bertz CT molecular complexity index is 1260. The Balaban J connectivity index is 4.67. The minimum atomic E-state index is -0.856. The van der Waals surface area contributed by atoms with Crippen LogP contribution in [0.25, 0.3) is 0 Å². The lowest BCUT2D eigenvalue weighted by atomic mass is 10.1. The molecule has 0 aromatic carbocycles. The molecule has 0 rings (SSSR count). The molecule has 0 N–H and O–H groups in total. The summed E-state index contributed by atoms with van der Waals surface area (Å²) in [5.74, 6) is -1.14. The number of esters is 3. The van der Waals surface area contributed by atoms with E-state index in [1.54, 1.807) is 0 Å². The standard InChI is InChI=1S/C57H92O6/c1-4-7-10-13-16-19-22-25-28-31-34-37-40-43-46-49-55(58)61-52-54(63-57(60)51-48-45-42-39-36-33-30-27-24-21-18-15-12-9-6-3)53-62-56(59)50-47-44-41-38-35-32-29-26-23-20-17-14-11-8-5-2/h25-42,54H,4-24,43-53H2,1-3H3/b28-25+,29-26+,30-27+,34-31+,35-32+,36-33+,40-37+,41-38+,42-39+. The Morgan fingerprint density at radius 2 is 0.571 bits per heavy atom. The maximum Gasteiger partial charge on any atom is 0.306 e. The first-order valence-electron chi connectivity index (χ1n) is 25.5. The number of unbranched alkanes of at least 4 members (excludes halogenated alkanes) is 21. The summed E-state index contributed by atoms with van der Waals surface area (Å²) in [5, 5.41) is 0. The molecule has 0 saturated carbocycles. The summed E-state index contributed by atoms with van der Waals surface area (Å²) in [5.41, 5.74) is 0. The monoisotopic (exact) mass is 873 g/mol. The van der Waals surface area contributed by atoms with Gasteiger partial charge in [0, 0.05) is 19.3 Å². The minimum Gasteiger partial charge on any atom is -0.462 e. The van der Waals surface area contributed by atoms with Crippen LogP contribution < -0.4 is 0 Å². The second-order valence-corrected chi connectivity index (χ2v) is 16.5. The molecule has 6 heteroatoms. The van der Waals surface area contributed by atoms with E-state index >= 15 is 0 Å². The molecule has 356 valence electrons. The average Bonchev–Trinajstić information content (AvgIpc) is 3.28. The van der Waals surface area contributed by atoms with Gasteiger partial charge in [0.05, 0.1) is 0 Å². The predicted molar refractivity (Wildman–Crippen MR) is 270 cm³/mol. The van der Waals surface area contributed by atoms with Crippen molar-refractivity contribution in [1.29, 1.82) is 0 Å². The molecule has 0 aliphatic heterocycles. The van der Waals surface area contributed by atoms with Crippen molar-refractivity contribution >= 4 is 17.9 Å². The maximum absolute atomic E-state index is 12.7. The van der Waals surface area contributed by atoms with Crippen LogP contribution in [0.2, 0.25) is 0 Å². The Labute approximate surface area is 387 Å². The second kappa shape index (κ2) is 50.7. The van der Waals surface area contributed by atoms with Gasteiger partial charge in [0.2, 0.25) is 0 Å². The van der Waals surface area contributed by atoms with Crippen LogP contribution in [-0.2, 0) is 28.6 Å². The van der Waals surface area contributed by atoms with E-state index in [9.17, 15) is 14.4 Å². The molecule has 0 radical (unpaired) electrons. The molecule has 0 bridgehead atoms. The van der Waals surface area contributed by atoms with Gasteiger partial charge in [-0.05, 0) is 77.0 Å². The Kier molecular flexibility index (Phi) is 47.5. The third-order valence-electron chi connectivity index (χ3n) is 10.4. The highest BCUT2D eigenvalue weighted by atomic mass is 16.6. The van der Waals surface area contributed by atoms with Gasteiger partial charge in [0.15, 0.2) is 6.10 Å². The van der Waals surface area contributed by atoms with Crippen LogP contribution in [0.1, 0.15) is 213 Å². The molecule has 0 atom stereocenters. The zero-order chi connectivity index (χ0) is 45.8. The molecule has 0 amide bonds. The average molecular weight is 873 g/mol.